The fourth-order valence-electron chi connectivity index (χ4n) is 3.16. The molecule has 1 fully saturated rings. The van der Waals surface area contributed by atoms with Crippen molar-refractivity contribution >= 4 is 10.0 Å². The van der Waals surface area contributed by atoms with E-state index in [-0.39, 0.29) is 24.3 Å². The van der Waals surface area contributed by atoms with E-state index in [9.17, 15) is 8.42 Å². The third-order valence-corrected chi connectivity index (χ3v) is 6.01. The first-order chi connectivity index (χ1) is 12.9. The average molecular weight is 394 g/mol. The third kappa shape index (κ3) is 5.07. The summed E-state index contributed by atoms with van der Waals surface area (Å²) in [6.07, 6.45) is 2.29. The van der Waals surface area contributed by atoms with Gasteiger partial charge in [0.2, 0.25) is 0 Å². The molecule has 0 unspecified atom stereocenters. The Hall–Kier alpha value is -1.94. The first kappa shape index (κ1) is 19.8. The molecule has 2 aromatic rings. The van der Waals surface area contributed by atoms with E-state index in [1.54, 1.807) is 18.5 Å². The van der Waals surface area contributed by atoms with Crippen molar-refractivity contribution in [1.29, 1.82) is 0 Å². The molecule has 2 heterocycles. The molecule has 0 amide bonds. The molecule has 3 rings (SSSR count). The van der Waals surface area contributed by atoms with Crippen LogP contribution in [0.15, 0.2) is 35.5 Å². The summed E-state index contributed by atoms with van der Waals surface area (Å²) in [5.74, 6) is 1.38. The van der Waals surface area contributed by atoms with Crippen LogP contribution in [0.4, 0.5) is 0 Å². The van der Waals surface area contributed by atoms with Crippen molar-refractivity contribution in [3.05, 3.63) is 41.9 Å². The standard InChI is InChI=1S/C18H26N4O4S/c1-14-19-18(13-21(14)2)27(24,25)20-16-6-7-22(12-16)11-15-4-3-5-17(10-15)26-9-8-23/h3-5,10,13,16,20,23H,6-9,11-12H2,1-2H3/t16-/m0/s1. The van der Waals surface area contributed by atoms with E-state index < -0.39 is 10.0 Å². The molecule has 1 atom stereocenters. The van der Waals surface area contributed by atoms with E-state index in [2.05, 4.69) is 14.6 Å². The maximum Gasteiger partial charge on any atom is 0.259 e. The molecule has 9 heteroatoms. The molecule has 1 aliphatic rings. The minimum Gasteiger partial charge on any atom is -0.491 e. The van der Waals surface area contributed by atoms with Crippen molar-refractivity contribution in [3.8, 4) is 5.75 Å². The number of benzene rings is 1. The van der Waals surface area contributed by atoms with Crippen LogP contribution in [0, 0.1) is 6.92 Å². The highest BCUT2D eigenvalue weighted by molar-refractivity contribution is 7.89. The molecule has 0 radical (unpaired) electrons. The van der Waals surface area contributed by atoms with Crippen LogP contribution in [0.5, 0.6) is 5.75 Å². The lowest BCUT2D eigenvalue weighted by Gasteiger charge is -2.17. The predicted molar refractivity (Wildman–Crippen MR) is 101 cm³/mol. The Bertz CT molecular complexity index is 862. The predicted octanol–water partition coefficient (Wildman–Crippen LogP) is 0.652. The molecule has 1 aliphatic heterocycles. The molecule has 1 saturated heterocycles. The lowest BCUT2D eigenvalue weighted by atomic mass is 10.2. The molecule has 1 aromatic heterocycles. The van der Waals surface area contributed by atoms with Crippen molar-refractivity contribution in [2.75, 3.05) is 26.3 Å². The molecular weight excluding hydrogens is 368 g/mol. The lowest BCUT2D eigenvalue weighted by Crippen LogP contribution is -2.37. The second kappa shape index (κ2) is 8.39. The normalized spacial score (nSPS) is 18.1. The summed E-state index contributed by atoms with van der Waals surface area (Å²) in [4.78, 5) is 6.32. The Labute approximate surface area is 159 Å². The Kier molecular flexibility index (Phi) is 6.15. The minimum atomic E-state index is -3.61. The van der Waals surface area contributed by atoms with Gasteiger partial charge >= 0.3 is 0 Å². The summed E-state index contributed by atoms with van der Waals surface area (Å²) in [5.41, 5.74) is 1.09. The van der Waals surface area contributed by atoms with E-state index in [1.165, 1.54) is 6.20 Å². The summed E-state index contributed by atoms with van der Waals surface area (Å²) in [5, 5.41) is 8.92. The number of rotatable bonds is 8. The van der Waals surface area contributed by atoms with Gasteiger partial charge in [-0.3, -0.25) is 4.90 Å². The number of hydrogen-bond donors (Lipinski definition) is 2. The number of hydrogen-bond acceptors (Lipinski definition) is 6. The van der Waals surface area contributed by atoms with Crippen LogP contribution in [0.1, 0.15) is 17.8 Å². The number of imidazole rings is 1. The molecule has 148 valence electrons. The van der Waals surface area contributed by atoms with Gasteiger partial charge in [-0.1, -0.05) is 12.1 Å². The fraction of sp³-hybridized carbons (Fsp3) is 0.500. The van der Waals surface area contributed by atoms with Gasteiger partial charge in [0.1, 0.15) is 18.2 Å². The molecule has 1 aromatic carbocycles. The van der Waals surface area contributed by atoms with Crippen LogP contribution < -0.4 is 9.46 Å². The quantitative estimate of drug-likeness (QED) is 0.683. The van der Waals surface area contributed by atoms with Gasteiger partial charge in [-0.25, -0.2) is 18.1 Å². The van der Waals surface area contributed by atoms with Crippen molar-refractivity contribution in [2.24, 2.45) is 7.05 Å². The molecule has 0 aliphatic carbocycles. The van der Waals surface area contributed by atoms with Crippen LogP contribution in [-0.4, -0.2) is 60.3 Å². The lowest BCUT2D eigenvalue weighted by molar-refractivity contribution is 0.201. The molecular formula is C18H26N4O4S. The summed E-state index contributed by atoms with van der Waals surface area (Å²) in [7, 11) is -1.84. The van der Waals surface area contributed by atoms with Crippen molar-refractivity contribution in [2.45, 2.75) is 31.0 Å². The van der Waals surface area contributed by atoms with E-state index in [1.807, 2.05) is 24.3 Å². The molecule has 0 spiro atoms. The van der Waals surface area contributed by atoms with Gasteiger partial charge in [0, 0.05) is 38.9 Å². The maximum absolute atomic E-state index is 12.5. The van der Waals surface area contributed by atoms with Gasteiger partial charge < -0.3 is 14.4 Å². The van der Waals surface area contributed by atoms with E-state index in [0.717, 1.165) is 30.8 Å². The Morgan fingerprint density at radius 2 is 2.22 bits per heavy atom. The van der Waals surface area contributed by atoms with E-state index in [4.69, 9.17) is 9.84 Å². The maximum atomic E-state index is 12.5. The Balaban J connectivity index is 1.57. The second-order valence-electron chi connectivity index (χ2n) is 6.80. The second-order valence-corrected chi connectivity index (χ2v) is 8.46. The van der Waals surface area contributed by atoms with Gasteiger partial charge in [0.15, 0.2) is 5.03 Å². The first-order valence-electron chi connectivity index (χ1n) is 8.94. The number of aliphatic hydroxyl groups is 1. The van der Waals surface area contributed by atoms with Crippen LogP contribution in [0.2, 0.25) is 0 Å². The summed E-state index contributed by atoms with van der Waals surface area (Å²) in [6, 6.07) is 7.60. The van der Waals surface area contributed by atoms with Crippen LogP contribution in [-0.2, 0) is 23.6 Å². The number of aryl methyl sites for hydroxylation is 2. The average Bonchev–Trinajstić information content (AvgIpc) is 3.20. The van der Waals surface area contributed by atoms with Crippen molar-refractivity contribution in [1.82, 2.24) is 19.2 Å². The molecule has 27 heavy (non-hydrogen) atoms. The Morgan fingerprint density at radius 3 is 2.93 bits per heavy atom. The largest absolute Gasteiger partial charge is 0.491 e. The van der Waals surface area contributed by atoms with Gasteiger partial charge in [0.25, 0.3) is 10.0 Å². The zero-order valence-electron chi connectivity index (χ0n) is 15.6. The van der Waals surface area contributed by atoms with Crippen LogP contribution >= 0.6 is 0 Å². The SMILES string of the molecule is Cc1nc(S(=O)(=O)N[C@H]2CCN(Cc3cccc(OCCO)c3)C2)cn1C. The van der Waals surface area contributed by atoms with Crippen LogP contribution in [0.3, 0.4) is 0 Å². The highest BCUT2D eigenvalue weighted by Crippen LogP contribution is 2.19. The fourth-order valence-corrected chi connectivity index (χ4v) is 4.46. The minimum absolute atomic E-state index is 0.0199. The number of nitrogens with zero attached hydrogens (tertiary/aromatic N) is 3. The number of likely N-dealkylation sites (tertiary alicyclic amines) is 1. The van der Waals surface area contributed by atoms with Crippen molar-refractivity contribution in [3.63, 3.8) is 0 Å². The number of aliphatic hydroxyl groups excluding tert-OH is 1. The zero-order chi connectivity index (χ0) is 19.4. The Morgan fingerprint density at radius 1 is 1.41 bits per heavy atom. The summed E-state index contributed by atoms with van der Waals surface area (Å²) < 4.78 is 34.9. The molecule has 8 nitrogen and oxygen atoms in total. The van der Waals surface area contributed by atoms with Gasteiger partial charge in [-0.05, 0) is 31.0 Å². The molecule has 0 bridgehead atoms. The smallest absolute Gasteiger partial charge is 0.259 e. The van der Waals surface area contributed by atoms with Gasteiger partial charge in [0.05, 0.1) is 6.61 Å². The summed E-state index contributed by atoms with van der Waals surface area (Å²) in [6.45, 7) is 4.20. The summed E-state index contributed by atoms with van der Waals surface area (Å²) >= 11 is 0. The highest BCUT2D eigenvalue weighted by Gasteiger charge is 2.28. The third-order valence-electron chi connectivity index (χ3n) is 4.62. The number of ether oxygens (including phenoxy) is 1. The monoisotopic (exact) mass is 394 g/mol. The number of sulfonamides is 1. The molecule has 0 saturated carbocycles. The van der Waals surface area contributed by atoms with E-state index in [0.29, 0.717) is 12.4 Å². The number of nitrogens with one attached hydrogen (secondary N) is 1. The van der Waals surface area contributed by atoms with E-state index >= 15 is 0 Å². The topological polar surface area (TPSA) is 96.7 Å². The van der Waals surface area contributed by atoms with Gasteiger partial charge in [-0.15, -0.1) is 0 Å². The van der Waals surface area contributed by atoms with Crippen LogP contribution in [0.25, 0.3) is 0 Å². The molecule has 2 N–H and O–H groups in total. The zero-order valence-corrected chi connectivity index (χ0v) is 16.4. The first-order valence-corrected chi connectivity index (χ1v) is 10.4. The van der Waals surface area contributed by atoms with Gasteiger partial charge in [-0.2, -0.15) is 0 Å². The number of aromatic nitrogens is 2. The van der Waals surface area contributed by atoms with Crippen molar-refractivity contribution < 1.29 is 18.3 Å². The highest BCUT2D eigenvalue weighted by atomic mass is 32.2.